The molecule has 5 atom stereocenters. The number of imide groups is 1. The highest BCUT2D eigenvalue weighted by atomic mass is 79.9. The van der Waals surface area contributed by atoms with E-state index in [4.69, 9.17) is 34.8 Å². The maximum atomic E-state index is 13.9. The molecule has 1 saturated carbocycles. The molecule has 2 aromatic rings. The molecule has 12 heteroatoms. The number of ketones is 1. The van der Waals surface area contributed by atoms with Crippen LogP contribution in [0.1, 0.15) is 40.0 Å². The lowest BCUT2D eigenvalue weighted by molar-refractivity contribution is -0.156. The van der Waals surface area contributed by atoms with Crippen molar-refractivity contribution in [3.63, 3.8) is 0 Å². The minimum atomic E-state index is -1.32. The average molecular weight is 698 g/mol. The molecular formula is C25H20Br2Cl3FN2O4. The predicted octanol–water partition coefficient (Wildman–Crippen LogP) is 6.29. The summed E-state index contributed by atoms with van der Waals surface area (Å²) in [7, 11) is 0. The highest BCUT2D eigenvalue weighted by Gasteiger charge is 2.56. The molecular weight excluding hydrogens is 677 g/mol. The summed E-state index contributed by atoms with van der Waals surface area (Å²) in [6.07, 6.45) is 0.685. The number of rotatable bonds is 7. The fraction of sp³-hybridized carbons (Fsp3) is 0.360. The Bertz CT molecular complexity index is 1220. The third-order valence-electron chi connectivity index (χ3n) is 6.59. The number of Topliss-reactive ketones (excluding diaryl/α,β-unsaturated/α-hetero) is 1. The Labute approximate surface area is 244 Å². The van der Waals surface area contributed by atoms with Crippen molar-refractivity contribution in [3.05, 3.63) is 69.5 Å². The Hall–Kier alpha value is -1.52. The van der Waals surface area contributed by atoms with Crippen LogP contribution < -0.4 is 0 Å². The van der Waals surface area contributed by atoms with Crippen LogP contribution in [0.4, 0.5) is 4.39 Å². The van der Waals surface area contributed by atoms with E-state index in [9.17, 15) is 23.6 Å². The first-order valence-corrected chi connectivity index (χ1v) is 14.5. The summed E-state index contributed by atoms with van der Waals surface area (Å²) in [4.78, 5) is 54.8. The number of hydrazine groups is 1. The van der Waals surface area contributed by atoms with Gasteiger partial charge in [0.1, 0.15) is 11.9 Å². The van der Waals surface area contributed by atoms with Crippen LogP contribution in [0.2, 0.25) is 10.0 Å². The Kier molecular flexibility index (Phi) is 9.01. The smallest absolute Gasteiger partial charge is 0.273 e. The molecule has 37 heavy (non-hydrogen) atoms. The summed E-state index contributed by atoms with van der Waals surface area (Å²) in [5, 5.41) is 1.98. The van der Waals surface area contributed by atoms with E-state index in [2.05, 4.69) is 31.9 Å². The number of alkyl halides is 3. The van der Waals surface area contributed by atoms with Gasteiger partial charge in [-0.2, -0.15) is 5.01 Å². The molecule has 0 spiro atoms. The maximum Gasteiger partial charge on any atom is 0.273 e. The number of amides is 3. The van der Waals surface area contributed by atoms with Crippen molar-refractivity contribution >= 4 is 90.2 Å². The van der Waals surface area contributed by atoms with Gasteiger partial charge in [0.15, 0.2) is 5.78 Å². The van der Waals surface area contributed by atoms with E-state index in [1.54, 1.807) is 0 Å². The second-order valence-electron chi connectivity index (χ2n) is 8.85. The minimum absolute atomic E-state index is 0.0214. The Morgan fingerprint density at radius 1 is 0.946 bits per heavy atom. The molecule has 6 nitrogen and oxygen atoms in total. The zero-order valence-electron chi connectivity index (χ0n) is 19.1. The largest absolute Gasteiger partial charge is 0.292 e. The molecule has 3 amide bonds. The summed E-state index contributed by atoms with van der Waals surface area (Å²) in [6, 6.07) is 7.57. The second-order valence-corrected chi connectivity index (χ2v) is 12.4. The summed E-state index contributed by atoms with van der Waals surface area (Å²) in [5.74, 6) is -4.45. The molecule has 0 radical (unpaired) electrons. The Morgan fingerprint density at radius 3 is 2.00 bits per heavy atom. The number of halogens is 6. The summed E-state index contributed by atoms with van der Waals surface area (Å²) >= 11 is 25.3. The van der Waals surface area contributed by atoms with Crippen molar-refractivity contribution < 1.29 is 23.6 Å². The summed E-state index contributed by atoms with van der Waals surface area (Å²) < 4.78 is 13.5. The molecule has 4 rings (SSSR count). The van der Waals surface area contributed by atoms with Crippen molar-refractivity contribution in [2.24, 2.45) is 11.8 Å². The lowest BCUT2D eigenvalue weighted by Crippen LogP contribution is -2.57. The van der Waals surface area contributed by atoms with Gasteiger partial charge in [0, 0.05) is 26.7 Å². The van der Waals surface area contributed by atoms with E-state index in [0.717, 1.165) is 22.2 Å². The fourth-order valence-corrected chi connectivity index (χ4v) is 6.44. The summed E-state index contributed by atoms with van der Waals surface area (Å²) in [6.45, 7) is 0. The molecule has 1 saturated heterocycles. The predicted molar refractivity (Wildman–Crippen MR) is 146 cm³/mol. The van der Waals surface area contributed by atoms with Gasteiger partial charge < -0.3 is 0 Å². The molecule has 2 aromatic carbocycles. The molecule has 0 N–H and O–H groups in total. The third-order valence-corrected chi connectivity index (χ3v) is 10.3. The normalized spacial score (nSPS) is 24.1. The van der Waals surface area contributed by atoms with E-state index < -0.39 is 47.2 Å². The van der Waals surface area contributed by atoms with Crippen LogP contribution in [0.5, 0.6) is 0 Å². The SMILES string of the molecule is O=C(c1ccc(F)cc1)[C@H](CCCl)N(C(=O)c1ccc(Cl)c(Cl)c1)N1C(=O)[C@H]2C[C@@H](Br)[C@@H](Br)C[C@H]2C1=O. The third kappa shape index (κ3) is 5.62. The van der Waals surface area contributed by atoms with Crippen molar-refractivity contribution in [1.82, 2.24) is 10.0 Å². The number of carbonyl (C=O) groups is 4. The first-order chi connectivity index (χ1) is 17.5. The molecule has 1 aliphatic heterocycles. The average Bonchev–Trinajstić information content (AvgIpc) is 3.10. The van der Waals surface area contributed by atoms with Gasteiger partial charge in [0.25, 0.3) is 17.7 Å². The van der Waals surface area contributed by atoms with E-state index in [1.807, 2.05) is 0 Å². The van der Waals surface area contributed by atoms with Gasteiger partial charge in [-0.1, -0.05) is 55.1 Å². The highest BCUT2D eigenvalue weighted by molar-refractivity contribution is 9.12. The molecule has 2 aliphatic rings. The van der Waals surface area contributed by atoms with Crippen LogP contribution in [-0.4, -0.2) is 55.1 Å². The van der Waals surface area contributed by atoms with Crippen molar-refractivity contribution in [3.8, 4) is 0 Å². The minimum Gasteiger partial charge on any atom is -0.292 e. The summed E-state index contributed by atoms with van der Waals surface area (Å²) in [5.41, 5.74) is 0.120. The van der Waals surface area contributed by atoms with Crippen LogP contribution in [-0.2, 0) is 9.59 Å². The molecule has 2 fully saturated rings. The van der Waals surface area contributed by atoms with Crippen molar-refractivity contribution in [2.45, 2.75) is 35.0 Å². The van der Waals surface area contributed by atoms with Crippen molar-refractivity contribution in [2.75, 3.05) is 5.88 Å². The van der Waals surface area contributed by atoms with E-state index in [-0.39, 0.29) is 43.1 Å². The van der Waals surface area contributed by atoms with Gasteiger partial charge in [-0.25, -0.2) is 9.40 Å². The van der Waals surface area contributed by atoms with Gasteiger partial charge in [0.05, 0.1) is 21.9 Å². The fourth-order valence-electron chi connectivity index (χ4n) is 4.70. The standard InChI is InChI=1S/C25H20Br2Cl3FN2O4/c26-17-10-15-16(11-18(17)27)25(37)33(24(15)36)32(23(35)13-3-6-19(29)20(30)9-13)21(7-8-28)22(34)12-1-4-14(31)5-2-12/h1-6,9,15-18,21H,7-8,10-11H2/t15-,16+,17+,18-,21-/m0/s1. The first kappa shape index (κ1) is 28.5. The Morgan fingerprint density at radius 2 is 1.49 bits per heavy atom. The molecule has 196 valence electrons. The van der Waals surface area contributed by atoms with Crippen LogP contribution >= 0.6 is 66.7 Å². The van der Waals surface area contributed by atoms with Gasteiger partial charge in [-0.05, 0) is 61.7 Å². The van der Waals surface area contributed by atoms with Gasteiger partial charge >= 0.3 is 0 Å². The topological polar surface area (TPSA) is 74.8 Å². The lowest BCUT2D eigenvalue weighted by Gasteiger charge is -2.36. The molecule has 0 unspecified atom stereocenters. The van der Waals surface area contributed by atoms with Gasteiger partial charge in [0.2, 0.25) is 0 Å². The van der Waals surface area contributed by atoms with Crippen LogP contribution in [0.3, 0.4) is 0 Å². The first-order valence-electron chi connectivity index (χ1n) is 11.3. The molecule has 1 heterocycles. The van der Waals surface area contributed by atoms with Gasteiger partial charge in [-0.15, -0.1) is 11.6 Å². The van der Waals surface area contributed by atoms with E-state index >= 15 is 0 Å². The molecule has 0 aromatic heterocycles. The zero-order valence-corrected chi connectivity index (χ0v) is 24.5. The van der Waals surface area contributed by atoms with Crippen LogP contribution in [0.15, 0.2) is 42.5 Å². The van der Waals surface area contributed by atoms with Gasteiger partial charge in [-0.3, -0.25) is 19.2 Å². The quantitative estimate of drug-likeness (QED) is 0.194. The second kappa shape index (κ2) is 11.7. The number of hydrogen-bond donors (Lipinski definition) is 0. The van der Waals surface area contributed by atoms with Crippen LogP contribution in [0.25, 0.3) is 0 Å². The number of carbonyl (C=O) groups excluding carboxylic acids is 4. The van der Waals surface area contributed by atoms with E-state index in [0.29, 0.717) is 12.8 Å². The van der Waals surface area contributed by atoms with E-state index in [1.165, 1.54) is 30.3 Å². The lowest BCUT2D eigenvalue weighted by atomic mass is 9.81. The number of hydrogen-bond acceptors (Lipinski definition) is 4. The number of nitrogens with zero attached hydrogens (tertiary/aromatic N) is 2. The maximum absolute atomic E-state index is 13.9. The number of fused-ring (bicyclic) bond motifs is 1. The monoisotopic (exact) mass is 694 g/mol. The van der Waals surface area contributed by atoms with Crippen molar-refractivity contribution in [1.29, 1.82) is 0 Å². The zero-order chi connectivity index (χ0) is 27.0. The molecule has 1 aliphatic carbocycles. The Balaban J connectivity index is 1.82. The highest BCUT2D eigenvalue weighted by Crippen LogP contribution is 2.44. The molecule has 0 bridgehead atoms. The number of benzene rings is 2. The van der Waals surface area contributed by atoms with Crippen LogP contribution in [0, 0.1) is 17.7 Å².